The predicted octanol–water partition coefficient (Wildman–Crippen LogP) is 2.28. The van der Waals surface area contributed by atoms with Gasteiger partial charge in [-0.3, -0.25) is 0 Å². The van der Waals surface area contributed by atoms with Crippen LogP contribution in [0, 0.1) is 13.8 Å². The van der Waals surface area contributed by atoms with Crippen LogP contribution < -0.4 is 0 Å². The van der Waals surface area contributed by atoms with Gasteiger partial charge in [-0.05, 0) is 48.5 Å². The van der Waals surface area contributed by atoms with E-state index in [1.54, 1.807) is 4.68 Å². The Morgan fingerprint density at radius 1 is 1.00 bits per heavy atom. The summed E-state index contributed by atoms with van der Waals surface area (Å²) in [6, 6.07) is 12.5. The van der Waals surface area contributed by atoms with Crippen molar-refractivity contribution >= 4 is 0 Å². The molecule has 5 nitrogen and oxygen atoms in total. The molecule has 0 aliphatic rings. The van der Waals surface area contributed by atoms with E-state index in [0.717, 1.165) is 17.1 Å². The zero-order valence-electron chi connectivity index (χ0n) is 11.2. The van der Waals surface area contributed by atoms with Crippen LogP contribution in [0.25, 0.3) is 17.1 Å². The molecular formula is C14H15N5. The summed E-state index contributed by atoms with van der Waals surface area (Å²) in [5.74, 6) is 0.768. The number of hydrogen-bond donors (Lipinski definition) is 0. The van der Waals surface area contributed by atoms with Crippen molar-refractivity contribution in [1.29, 1.82) is 0 Å². The van der Waals surface area contributed by atoms with E-state index in [2.05, 4.69) is 58.2 Å². The molecule has 0 radical (unpaired) electrons. The van der Waals surface area contributed by atoms with Gasteiger partial charge in [0.2, 0.25) is 0 Å². The highest BCUT2D eigenvalue weighted by atomic mass is 15.5. The van der Waals surface area contributed by atoms with Crippen LogP contribution in [-0.2, 0) is 7.05 Å². The highest BCUT2D eigenvalue weighted by Crippen LogP contribution is 2.22. The second-order valence-corrected chi connectivity index (χ2v) is 4.63. The van der Waals surface area contributed by atoms with Gasteiger partial charge in [0.15, 0.2) is 5.82 Å². The minimum atomic E-state index is 0.768. The third kappa shape index (κ3) is 1.93. The van der Waals surface area contributed by atoms with E-state index in [1.807, 2.05) is 19.2 Å². The van der Waals surface area contributed by atoms with E-state index in [1.165, 1.54) is 11.4 Å². The topological polar surface area (TPSA) is 48.5 Å². The first kappa shape index (κ1) is 11.6. The van der Waals surface area contributed by atoms with Crippen LogP contribution in [0.3, 0.4) is 0 Å². The molecule has 2 heterocycles. The first-order valence-electron chi connectivity index (χ1n) is 6.15. The molecule has 0 bridgehead atoms. The minimum Gasteiger partial charge on any atom is -0.318 e. The van der Waals surface area contributed by atoms with Gasteiger partial charge in [0.25, 0.3) is 0 Å². The predicted molar refractivity (Wildman–Crippen MR) is 73.0 cm³/mol. The Hall–Kier alpha value is -2.43. The number of rotatable bonds is 2. The van der Waals surface area contributed by atoms with Gasteiger partial charge >= 0.3 is 0 Å². The highest BCUT2D eigenvalue weighted by molar-refractivity contribution is 5.59. The quantitative estimate of drug-likeness (QED) is 0.704. The SMILES string of the molecule is Cc1ccc(C)n1-c1cccc(-c2nnnn2C)c1. The molecule has 0 atom stereocenters. The van der Waals surface area contributed by atoms with Gasteiger partial charge in [-0.1, -0.05) is 12.1 Å². The average Bonchev–Trinajstić information content (AvgIpc) is 2.96. The van der Waals surface area contributed by atoms with Crippen molar-refractivity contribution in [2.75, 3.05) is 0 Å². The van der Waals surface area contributed by atoms with Crippen LogP contribution in [0.15, 0.2) is 36.4 Å². The van der Waals surface area contributed by atoms with Crippen LogP contribution in [-0.4, -0.2) is 24.8 Å². The maximum absolute atomic E-state index is 4.05. The zero-order valence-corrected chi connectivity index (χ0v) is 11.2. The Labute approximate surface area is 111 Å². The van der Waals surface area contributed by atoms with Crippen LogP contribution in [0.2, 0.25) is 0 Å². The summed E-state index contributed by atoms with van der Waals surface area (Å²) >= 11 is 0. The number of aromatic nitrogens is 5. The van der Waals surface area contributed by atoms with Gasteiger partial charge in [-0.2, -0.15) is 0 Å². The van der Waals surface area contributed by atoms with Gasteiger partial charge in [0.1, 0.15) is 0 Å². The Kier molecular flexibility index (Phi) is 2.67. The van der Waals surface area contributed by atoms with Crippen molar-refractivity contribution in [3.63, 3.8) is 0 Å². The van der Waals surface area contributed by atoms with Gasteiger partial charge in [-0.15, -0.1) is 5.10 Å². The lowest BCUT2D eigenvalue weighted by Crippen LogP contribution is -2.00. The van der Waals surface area contributed by atoms with E-state index < -0.39 is 0 Å². The molecule has 0 saturated heterocycles. The maximum atomic E-state index is 4.05. The van der Waals surface area contributed by atoms with Crippen molar-refractivity contribution in [3.05, 3.63) is 47.8 Å². The number of nitrogens with zero attached hydrogens (tertiary/aromatic N) is 5. The molecular weight excluding hydrogens is 238 g/mol. The second kappa shape index (κ2) is 4.35. The molecule has 5 heteroatoms. The van der Waals surface area contributed by atoms with Crippen LogP contribution >= 0.6 is 0 Å². The Morgan fingerprint density at radius 3 is 2.37 bits per heavy atom. The first-order valence-corrected chi connectivity index (χ1v) is 6.15. The number of aryl methyl sites for hydroxylation is 3. The van der Waals surface area contributed by atoms with Gasteiger partial charge in [0.05, 0.1) is 0 Å². The van der Waals surface area contributed by atoms with E-state index >= 15 is 0 Å². The molecule has 3 aromatic rings. The molecule has 96 valence electrons. The fraction of sp³-hybridized carbons (Fsp3) is 0.214. The maximum Gasteiger partial charge on any atom is 0.181 e. The highest BCUT2D eigenvalue weighted by Gasteiger charge is 2.09. The van der Waals surface area contributed by atoms with Crippen molar-refractivity contribution in [2.24, 2.45) is 7.05 Å². The molecule has 19 heavy (non-hydrogen) atoms. The fourth-order valence-corrected chi connectivity index (χ4v) is 2.33. The van der Waals surface area contributed by atoms with E-state index in [9.17, 15) is 0 Å². The molecule has 3 rings (SSSR count). The van der Waals surface area contributed by atoms with Crippen molar-refractivity contribution < 1.29 is 0 Å². The third-order valence-corrected chi connectivity index (χ3v) is 3.25. The smallest absolute Gasteiger partial charge is 0.181 e. The Morgan fingerprint density at radius 2 is 1.74 bits per heavy atom. The normalized spacial score (nSPS) is 10.9. The van der Waals surface area contributed by atoms with E-state index in [0.29, 0.717) is 0 Å². The zero-order chi connectivity index (χ0) is 13.4. The van der Waals surface area contributed by atoms with Gasteiger partial charge in [-0.25, -0.2) is 4.68 Å². The lowest BCUT2D eigenvalue weighted by Gasteiger charge is -2.10. The van der Waals surface area contributed by atoms with Crippen molar-refractivity contribution in [2.45, 2.75) is 13.8 Å². The molecule has 2 aromatic heterocycles. The van der Waals surface area contributed by atoms with E-state index in [4.69, 9.17) is 0 Å². The standard InChI is InChI=1S/C14H15N5/c1-10-7-8-11(2)19(10)13-6-4-5-12(9-13)14-15-16-17-18(14)3/h4-9H,1-3H3. The lowest BCUT2D eigenvalue weighted by molar-refractivity contribution is 0.714. The monoisotopic (exact) mass is 253 g/mol. The molecule has 0 amide bonds. The summed E-state index contributed by atoms with van der Waals surface area (Å²) in [6.45, 7) is 4.20. The first-order chi connectivity index (χ1) is 9.16. The van der Waals surface area contributed by atoms with Crippen molar-refractivity contribution in [3.8, 4) is 17.1 Å². The summed E-state index contributed by atoms with van der Waals surface area (Å²) < 4.78 is 3.89. The lowest BCUT2D eigenvalue weighted by atomic mass is 10.2. The number of benzene rings is 1. The summed E-state index contributed by atoms with van der Waals surface area (Å²) in [5.41, 5.74) is 4.56. The summed E-state index contributed by atoms with van der Waals surface area (Å²) in [6.07, 6.45) is 0. The summed E-state index contributed by atoms with van der Waals surface area (Å²) in [7, 11) is 1.84. The summed E-state index contributed by atoms with van der Waals surface area (Å²) in [5, 5.41) is 11.6. The third-order valence-electron chi connectivity index (χ3n) is 3.25. The molecule has 0 aliphatic heterocycles. The molecule has 1 aromatic carbocycles. The Balaban J connectivity index is 2.14. The van der Waals surface area contributed by atoms with E-state index in [-0.39, 0.29) is 0 Å². The molecule has 0 fully saturated rings. The second-order valence-electron chi connectivity index (χ2n) is 4.63. The average molecular weight is 253 g/mol. The van der Waals surface area contributed by atoms with Crippen molar-refractivity contribution in [1.82, 2.24) is 24.8 Å². The minimum absolute atomic E-state index is 0.768. The molecule has 0 saturated carbocycles. The van der Waals surface area contributed by atoms with Crippen LogP contribution in [0.4, 0.5) is 0 Å². The van der Waals surface area contributed by atoms with Gasteiger partial charge < -0.3 is 4.57 Å². The van der Waals surface area contributed by atoms with Crippen LogP contribution in [0.1, 0.15) is 11.4 Å². The largest absolute Gasteiger partial charge is 0.318 e. The molecule has 0 N–H and O–H groups in total. The Bertz CT molecular complexity index is 704. The molecule has 0 spiro atoms. The number of tetrazole rings is 1. The fourth-order valence-electron chi connectivity index (χ4n) is 2.33. The van der Waals surface area contributed by atoms with Gasteiger partial charge in [0, 0.05) is 29.7 Å². The summed E-state index contributed by atoms with van der Waals surface area (Å²) in [4.78, 5) is 0. The molecule has 0 unspecified atom stereocenters. The number of hydrogen-bond acceptors (Lipinski definition) is 3. The molecule has 0 aliphatic carbocycles. The van der Waals surface area contributed by atoms with Crippen LogP contribution in [0.5, 0.6) is 0 Å².